The molecule has 13 heavy (non-hydrogen) atoms. The maximum atomic E-state index is 10.0. The van der Waals surface area contributed by atoms with E-state index >= 15 is 0 Å². The lowest BCUT2D eigenvalue weighted by molar-refractivity contribution is -0.104. The molecule has 0 aliphatic carbocycles. The molecule has 0 aliphatic rings. The molecule has 1 heterocycles. The van der Waals surface area contributed by atoms with Crippen LogP contribution in [0.4, 0.5) is 5.82 Å². The van der Waals surface area contributed by atoms with E-state index in [1.807, 2.05) is 31.1 Å². The number of carbonyl (C=O) groups excluding carboxylic acids is 1. The lowest BCUT2D eigenvalue weighted by Gasteiger charge is -2.10. The fraction of sp³-hybridized carbons (Fsp3) is 0.200. The maximum Gasteiger partial charge on any atom is 0.142 e. The Morgan fingerprint density at radius 3 is 2.62 bits per heavy atom. The van der Waals surface area contributed by atoms with Gasteiger partial charge in [0.05, 0.1) is 0 Å². The van der Waals surface area contributed by atoms with Crippen molar-refractivity contribution in [1.29, 1.82) is 0 Å². The normalized spacial score (nSPS) is 10.3. The van der Waals surface area contributed by atoms with Crippen molar-refractivity contribution in [2.24, 2.45) is 0 Å². The third kappa shape index (κ3) is 2.71. The lowest BCUT2D eigenvalue weighted by Crippen LogP contribution is -2.09. The number of hydrogen-bond acceptors (Lipinski definition) is 3. The van der Waals surface area contributed by atoms with Gasteiger partial charge in [-0.3, -0.25) is 4.79 Å². The van der Waals surface area contributed by atoms with Crippen LogP contribution in [0.2, 0.25) is 0 Å². The van der Waals surface area contributed by atoms with Gasteiger partial charge < -0.3 is 4.90 Å². The summed E-state index contributed by atoms with van der Waals surface area (Å²) in [5.74, 6) is 0.906. The van der Waals surface area contributed by atoms with Crippen molar-refractivity contribution in [3.63, 3.8) is 0 Å². The number of aldehydes is 1. The summed E-state index contributed by atoms with van der Waals surface area (Å²) in [5, 5.41) is 0. The molecule has 0 radical (unpaired) electrons. The highest BCUT2D eigenvalue weighted by Crippen LogP contribution is 2.08. The smallest absolute Gasteiger partial charge is 0.142 e. The van der Waals surface area contributed by atoms with Gasteiger partial charge in [-0.15, -0.1) is 0 Å². The summed E-state index contributed by atoms with van der Waals surface area (Å²) in [6.07, 6.45) is 5.65. The Morgan fingerprint density at radius 1 is 1.38 bits per heavy atom. The molecule has 0 spiro atoms. The van der Waals surface area contributed by atoms with Crippen molar-refractivity contribution in [1.82, 2.24) is 4.98 Å². The Labute approximate surface area is 77.7 Å². The monoisotopic (exact) mass is 176 g/mol. The second-order valence-electron chi connectivity index (χ2n) is 2.84. The molecular formula is C10H12N2O. The van der Waals surface area contributed by atoms with Crippen LogP contribution in [0, 0.1) is 0 Å². The minimum atomic E-state index is 0.750. The van der Waals surface area contributed by atoms with E-state index in [-0.39, 0.29) is 0 Å². The van der Waals surface area contributed by atoms with Gasteiger partial charge in [0.25, 0.3) is 0 Å². The first-order chi connectivity index (χ1) is 6.24. The van der Waals surface area contributed by atoms with Crippen molar-refractivity contribution in [3.8, 4) is 0 Å². The Hall–Kier alpha value is -1.64. The maximum absolute atomic E-state index is 10.0. The van der Waals surface area contributed by atoms with Gasteiger partial charge in [-0.1, -0.05) is 6.08 Å². The Balaban J connectivity index is 2.81. The van der Waals surface area contributed by atoms with E-state index in [2.05, 4.69) is 4.98 Å². The first-order valence-electron chi connectivity index (χ1n) is 3.99. The molecule has 0 bridgehead atoms. The number of hydrogen-bond donors (Lipinski definition) is 0. The summed E-state index contributed by atoms with van der Waals surface area (Å²) in [6, 6.07) is 3.83. The molecule has 0 saturated heterocycles. The van der Waals surface area contributed by atoms with Crippen LogP contribution >= 0.6 is 0 Å². The number of nitrogens with zero attached hydrogens (tertiary/aromatic N) is 2. The van der Waals surface area contributed by atoms with Crippen LogP contribution in [0.15, 0.2) is 24.4 Å². The van der Waals surface area contributed by atoms with E-state index in [1.54, 1.807) is 12.3 Å². The van der Waals surface area contributed by atoms with Crippen LogP contribution in [-0.4, -0.2) is 25.4 Å². The molecule has 0 fully saturated rings. The van der Waals surface area contributed by atoms with E-state index < -0.39 is 0 Å². The minimum absolute atomic E-state index is 0.750. The molecule has 0 unspecified atom stereocenters. The summed E-state index contributed by atoms with van der Waals surface area (Å²) >= 11 is 0. The highest BCUT2D eigenvalue weighted by Gasteiger charge is 1.94. The Morgan fingerprint density at radius 2 is 2.15 bits per heavy atom. The first kappa shape index (κ1) is 9.45. The van der Waals surface area contributed by atoms with Gasteiger partial charge in [-0.2, -0.15) is 0 Å². The van der Waals surface area contributed by atoms with Gasteiger partial charge in [0.2, 0.25) is 0 Å². The van der Waals surface area contributed by atoms with E-state index in [4.69, 9.17) is 0 Å². The van der Waals surface area contributed by atoms with Crippen LogP contribution in [0.1, 0.15) is 5.56 Å². The standard InChI is InChI=1S/C10H12N2O/c1-12(2)10-6-5-9(8-11-10)4-3-7-13/h3-8H,1-2H3/b4-3+. The highest BCUT2D eigenvalue weighted by molar-refractivity contribution is 5.73. The van der Waals surface area contributed by atoms with Crippen LogP contribution in [0.3, 0.4) is 0 Å². The van der Waals surface area contributed by atoms with Gasteiger partial charge >= 0.3 is 0 Å². The molecule has 3 heteroatoms. The molecule has 0 atom stereocenters. The van der Waals surface area contributed by atoms with Crippen LogP contribution in [0.5, 0.6) is 0 Å². The molecule has 0 saturated carbocycles. The minimum Gasteiger partial charge on any atom is -0.363 e. The fourth-order valence-electron chi connectivity index (χ4n) is 0.911. The predicted molar refractivity (Wildman–Crippen MR) is 53.7 cm³/mol. The van der Waals surface area contributed by atoms with Gasteiger partial charge in [0.1, 0.15) is 12.1 Å². The number of anilines is 1. The largest absolute Gasteiger partial charge is 0.363 e. The van der Waals surface area contributed by atoms with Gasteiger partial charge in [0, 0.05) is 20.3 Å². The van der Waals surface area contributed by atoms with Gasteiger partial charge in [-0.25, -0.2) is 4.98 Å². The quantitative estimate of drug-likeness (QED) is 0.515. The number of aromatic nitrogens is 1. The third-order valence-corrected chi connectivity index (χ3v) is 1.60. The zero-order valence-electron chi connectivity index (χ0n) is 7.77. The van der Waals surface area contributed by atoms with Gasteiger partial charge in [0.15, 0.2) is 0 Å². The van der Waals surface area contributed by atoms with Crippen molar-refractivity contribution < 1.29 is 4.79 Å². The second-order valence-corrected chi connectivity index (χ2v) is 2.84. The zero-order chi connectivity index (χ0) is 9.68. The number of pyridine rings is 1. The summed E-state index contributed by atoms with van der Waals surface area (Å²) in [4.78, 5) is 16.2. The predicted octanol–water partition coefficient (Wildman–Crippen LogP) is 1.36. The average molecular weight is 176 g/mol. The number of carbonyl (C=O) groups is 1. The topological polar surface area (TPSA) is 33.2 Å². The van der Waals surface area contributed by atoms with Gasteiger partial charge in [-0.05, 0) is 23.8 Å². The molecule has 3 nitrogen and oxygen atoms in total. The Bertz CT molecular complexity index is 301. The molecule has 0 aromatic carbocycles. The molecular weight excluding hydrogens is 164 g/mol. The highest BCUT2D eigenvalue weighted by atomic mass is 16.1. The second kappa shape index (κ2) is 4.40. The number of allylic oxidation sites excluding steroid dienone is 1. The summed E-state index contributed by atoms with van der Waals surface area (Å²) in [5.41, 5.74) is 0.928. The molecule has 1 aromatic heterocycles. The van der Waals surface area contributed by atoms with E-state index in [1.165, 1.54) is 6.08 Å². The lowest BCUT2D eigenvalue weighted by atomic mass is 10.2. The molecule has 68 valence electrons. The SMILES string of the molecule is CN(C)c1ccc(/C=C/C=O)cn1. The van der Waals surface area contributed by atoms with E-state index in [0.29, 0.717) is 0 Å². The summed E-state index contributed by atoms with van der Waals surface area (Å²) < 4.78 is 0. The molecule has 0 aliphatic heterocycles. The molecule has 1 rings (SSSR count). The van der Waals surface area contributed by atoms with Crippen LogP contribution in [-0.2, 0) is 4.79 Å². The van der Waals surface area contributed by atoms with Crippen molar-refractivity contribution in [2.45, 2.75) is 0 Å². The summed E-state index contributed by atoms with van der Waals surface area (Å²) in [7, 11) is 3.87. The average Bonchev–Trinajstić information content (AvgIpc) is 2.15. The molecule has 1 aromatic rings. The van der Waals surface area contributed by atoms with Crippen LogP contribution in [0.25, 0.3) is 6.08 Å². The van der Waals surface area contributed by atoms with Crippen molar-refractivity contribution >= 4 is 18.2 Å². The van der Waals surface area contributed by atoms with E-state index in [9.17, 15) is 4.79 Å². The molecule has 0 amide bonds. The fourth-order valence-corrected chi connectivity index (χ4v) is 0.911. The first-order valence-corrected chi connectivity index (χ1v) is 3.99. The molecule has 0 N–H and O–H groups in total. The third-order valence-electron chi connectivity index (χ3n) is 1.60. The van der Waals surface area contributed by atoms with E-state index in [0.717, 1.165) is 17.7 Å². The van der Waals surface area contributed by atoms with Crippen LogP contribution < -0.4 is 4.90 Å². The van der Waals surface area contributed by atoms with Crippen molar-refractivity contribution in [2.75, 3.05) is 19.0 Å². The zero-order valence-corrected chi connectivity index (χ0v) is 7.77. The Kier molecular flexibility index (Phi) is 3.20. The van der Waals surface area contributed by atoms with Crippen molar-refractivity contribution in [3.05, 3.63) is 30.0 Å². The number of rotatable bonds is 3. The summed E-state index contributed by atoms with van der Waals surface area (Å²) in [6.45, 7) is 0.